The standard InChI is InChI=1S/C25H32O8.2C4H10.C3H8/c1-4-24(26)32-14-10-28-8-12-30-21-6-7-22(20-16-19(3)17-20)23(18-21)31-13-9-29-11-15-33-25(27)5-2;1-4(2)3;1-3-4-2;1-3-2/h4-7,18,20H,1-3,8-17H2;4H,1-3H3;3-4H2,1-2H3;3H2,1-2H3. The van der Waals surface area contributed by atoms with Gasteiger partial charge in [0.1, 0.15) is 37.9 Å². The maximum atomic E-state index is 11.0. The molecular weight excluding hydrogens is 560 g/mol. The Balaban J connectivity index is 0. The van der Waals surface area contributed by atoms with Gasteiger partial charge in [-0.05, 0) is 36.3 Å². The lowest BCUT2D eigenvalue weighted by Gasteiger charge is -2.30. The van der Waals surface area contributed by atoms with E-state index in [1.54, 1.807) is 0 Å². The fourth-order valence-electron chi connectivity index (χ4n) is 3.08. The summed E-state index contributed by atoms with van der Waals surface area (Å²) in [6.07, 6.45) is 8.01. The molecule has 1 aliphatic rings. The first-order valence-electron chi connectivity index (χ1n) is 15.9. The van der Waals surface area contributed by atoms with E-state index in [1.165, 1.54) is 24.8 Å². The molecule has 0 atom stereocenters. The summed E-state index contributed by atoms with van der Waals surface area (Å²) < 4.78 is 32.2. The Morgan fingerprint density at radius 3 is 1.61 bits per heavy atom. The van der Waals surface area contributed by atoms with E-state index in [9.17, 15) is 9.59 Å². The van der Waals surface area contributed by atoms with Gasteiger partial charge in [0, 0.05) is 18.2 Å². The zero-order valence-corrected chi connectivity index (χ0v) is 28.6. The molecule has 0 N–H and O–H groups in total. The maximum absolute atomic E-state index is 11.0. The number of carbonyl (C=O) groups excluding carboxylic acids is 2. The van der Waals surface area contributed by atoms with Crippen LogP contribution in [0.1, 0.15) is 92.1 Å². The van der Waals surface area contributed by atoms with Crippen molar-refractivity contribution in [1.29, 1.82) is 0 Å². The van der Waals surface area contributed by atoms with Crippen LogP contribution >= 0.6 is 0 Å². The molecule has 0 saturated heterocycles. The lowest BCUT2D eigenvalue weighted by Crippen LogP contribution is -2.16. The third-order valence-electron chi connectivity index (χ3n) is 5.25. The quantitative estimate of drug-likeness (QED) is 0.0701. The lowest BCUT2D eigenvalue weighted by atomic mass is 9.76. The van der Waals surface area contributed by atoms with Crippen molar-refractivity contribution in [2.24, 2.45) is 5.92 Å². The highest BCUT2D eigenvalue weighted by atomic mass is 16.6. The molecule has 1 saturated carbocycles. The second-order valence-electron chi connectivity index (χ2n) is 10.7. The van der Waals surface area contributed by atoms with E-state index < -0.39 is 11.9 Å². The Morgan fingerprint density at radius 2 is 1.20 bits per heavy atom. The minimum Gasteiger partial charge on any atom is -0.491 e. The normalized spacial score (nSPS) is 11.7. The lowest BCUT2D eigenvalue weighted by molar-refractivity contribution is -0.140. The fraction of sp³-hybridized carbons (Fsp3) is 0.611. The van der Waals surface area contributed by atoms with Crippen molar-refractivity contribution >= 4 is 11.9 Å². The van der Waals surface area contributed by atoms with Crippen LogP contribution in [0.4, 0.5) is 0 Å². The Labute approximate surface area is 267 Å². The van der Waals surface area contributed by atoms with Crippen LogP contribution in [0.2, 0.25) is 0 Å². The summed E-state index contributed by atoms with van der Waals surface area (Å²) in [7, 11) is 0. The molecule has 0 amide bonds. The number of hydrogen-bond donors (Lipinski definition) is 0. The average Bonchev–Trinajstić information content (AvgIpc) is 2.98. The third-order valence-corrected chi connectivity index (χ3v) is 5.25. The molecular formula is C36H60O8. The van der Waals surface area contributed by atoms with E-state index in [2.05, 4.69) is 68.2 Å². The van der Waals surface area contributed by atoms with Gasteiger partial charge in [-0.2, -0.15) is 0 Å². The molecule has 0 aromatic heterocycles. The molecule has 252 valence electrons. The second kappa shape index (κ2) is 29.9. The molecule has 44 heavy (non-hydrogen) atoms. The van der Waals surface area contributed by atoms with Crippen LogP contribution in [0.3, 0.4) is 0 Å². The number of benzene rings is 1. The van der Waals surface area contributed by atoms with Gasteiger partial charge in [-0.1, -0.05) is 99.1 Å². The van der Waals surface area contributed by atoms with Crippen LogP contribution < -0.4 is 9.47 Å². The van der Waals surface area contributed by atoms with Crippen LogP contribution in [0.25, 0.3) is 0 Å². The topological polar surface area (TPSA) is 89.5 Å². The largest absolute Gasteiger partial charge is 0.491 e. The van der Waals surface area contributed by atoms with E-state index >= 15 is 0 Å². The minimum absolute atomic E-state index is 0.169. The summed E-state index contributed by atoms with van der Waals surface area (Å²) in [6, 6.07) is 5.81. The monoisotopic (exact) mass is 620 g/mol. The SMILES string of the molecule is C=CC(=O)OCCOCCOc1ccc(C2CC(=C)C2)c(OCCOCCOC(=O)C=C)c1.CC(C)C.CCC.CCCC. The zero-order valence-electron chi connectivity index (χ0n) is 28.6. The van der Waals surface area contributed by atoms with Crippen molar-refractivity contribution in [2.45, 2.75) is 86.5 Å². The zero-order chi connectivity index (χ0) is 33.6. The van der Waals surface area contributed by atoms with Crippen molar-refractivity contribution in [3.8, 4) is 11.5 Å². The Kier molecular flexibility index (Phi) is 29.3. The van der Waals surface area contributed by atoms with Gasteiger partial charge in [0.25, 0.3) is 0 Å². The summed E-state index contributed by atoms with van der Waals surface area (Å²) in [5, 5.41) is 0. The molecule has 8 heteroatoms. The molecule has 0 spiro atoms. The summed E-state index contributed by atoms with van der Waals surface area (Å²) >= 11 is 0. The number of rotatable bonds is 18. The summed E-state index contributed by atoms with van der Waals surface area (Å²) in [4.78, 5) is 21.9. The third kappa shape index (κ3) is 25.4. The molecule has 1 aromatic rings. The number of esters is 2. The molecule has 0 heterocycles. The van der Waals surface area contributed by atoms with E-state index in [1.807, 2.05) is 18.2 Å². The van der Waals surface area contributed by atoms with Gasteiger partial charge in [0.2, 0.25) is 0 Å². The molecule has 1 aliphatic carbocycles. The molecule has 0 unspecified atom stereocenters. The maximum Gasteiger partial charge on any atom is 0.330 e. The van der Waals surface area contributed by atoms with Gasteiger partial charge in [0.15, 0.2) is 0 Å². The van der Waals surface area contributed by atoms with Gasteiger partial charge >= 0.3 is 11.9 Å². The van der Waals surface area contributed by atoms with E-state index in [0.29, 0.717) is 38.1 Å². The van der Waals surface area contributed by atoms with Crippen LogP contribution in [0.15, 0.2) is 55.7 Å². The Bertz CT molecular complexity index is 897. The van der Waals surface area contributed by atoms with Gasteiger partial charge < -0.3 is 28.4 Å². The predicted molar refractivity (Wildman–Crippen MR) is 180 cm³/mol. The molecule has 8 nitrogen and oxygen atoms in total. The van der Waals surface area contributed by atoms with Crippen molar-refractivity contribution in [2.75, 3.05) is 52.9 Å². The van der Waals surface area contributed by atoms with Crippen molar-refractivity contribution in [1.82, 2.24) is 0 Å². The van der Waals surface area contributed by atoms with Crippen LogP contribution in [0.5, 0.6) is 11.5 Å². The first-order chi connectivity index (χ1) is 21.1. The van der Waals surface area contributed by atoms with Crippen LogP contribution in [0, 0.1) is 5.92 Å². The molecule has 0 bridgehead atoms. The van der Waals surface area contributed by atoms with Crippen LogP contribution in [-0.4, -0.2) is 64.8 Å². The van der Waals surface area contributed by atoms with E-state index in [-0.39, 0.29) is 26.4 Å². The predicted octanol–water partition coefficient (Wildman–Crippen LogP) is 8.25. The highest BCUT2D eigenvalue weighted by Crippen LogP contribution is 2.44. The van der Waals surface area contributed by atoms with E-state index in [4.69, 9.17) is 28.4 Å². The molecule has 0 aliphatic heterocycles. The Morgan fingerprint density at radius 1 is 0.773 bits per heavy atom. The fourth-order valence-corrected chi connectivity index (χ4v) is 3.08. The number of allylic oxidation sites excluding steroid dienone is 1. The number of ether oxygens (including phenoxy) is 6. The number of carbonyl (C=O) groups is 2. The Hall–Kier alpha value is -3.10. The summed E-state index contributed by atoms with van der Waals surface area (Å²) in [6.45, 7) is 28.1. The first kappa shape index (κ1) is 43.0. The second-order valence-corrected chi connectivity index (χ2v) is 10.7. The van der Waals surface area contributed by atoms with Crippen LogP contribution in [-0.2, 0) is 28.5 Å². The van der Waals surface area contributed by atoms with Crippen molar-refractivity contribution in [3.63, 3.8) is 0 Å². The van der Waals surface area contributed by atoms with Gasteiger partial charge in [0.05, 0.1) is 26.4 Å². The molecule has 1 fully saturated rings. The van der Waals surface area contributed by atoms with Crippen molar-refractivity contribution in [3.05, 3.63) is 61.2 Å². The van der Waals surface area contributed by atoms with E-state index in [0.717, 1.165) is 42.2 Å². The highest BCUT2D eigenvalue weighted by molar-refractivity contribution is 5.81. The smallest absolute Gasteiger partial charge is 0.330 e. The molecule has 2 rings (SSSR count). The molecule has 1 aromatic carbocycles. The first-order valence-corrected chi connectivity index (χ1v) is 15.9. The number of unbranched alkanes of at least 4 members (excludes halogenated alkanes) is 1. The average molecular weight is 621 g/mol. The van der Waals surface area contributed by atoms with Gasteiger partial charge in [-0.3, -0.25) is 0 Å². The van der Waals surface area contributed by atoms with Gasteiger partial charge in [-0.15, -0.1) is 0 Å². The number of hydrogen-bond acceptors (Lipinski definition) is 8. The molecule has 0 radical (unpaired) electrons. The minimum atomic E-state index is -0.473. The van der Waals surface area contributed by atoms with Crippen molar-refractivity contribution < 1.29 is 38.0 Å². The summed E-state index contributed by atoms with van der Waals surface area (Å²) in [5.74, 6) is 1.70. The highest BCUT2D eigenvalue weighted by Gasteiger charge is 2.26. The van der Waals surface area contributed by atoms with Gasteiger partial charge in [-0.25, -0.2) is 9.59 Å². The summed E-state index contributed by atoms with van der Waals surface area (Å²) in [5.41, 5.74) is 2.36.